The molecule has 1 fully saturated rings. The molecule has 0 bridgehead atoms. The molecule has 0 aliphatic carbocycles. The van der Waals surface area contributed by atoms with Crippen molar-refractivity contribution < 1.29 is 14.3 Å². The van der Waals surface area contributed by atoms with Crippen molar-refractivity contribution in [3.05, 3.63) is 0 Å². The highest BCUT2D eigenvalue weighted by Crippen LogP contribution is 2.31. The first-order valence-corrected chi connectivity index (χ1v) is 8.59. The lowest BCUT2D eigenvalue weighted by atomic mass is 10.1. The van der Waals surface area contributed by atoms with E-state index in [-0.39, 0.29) is 5.97 Å². The zero-order valence-corrected chi connectivity index (χ0v) is 13.4. The molecule has 3 nitrogen and oxygen atoms in total. The molecule has 1 aliphatic heterocycles. The maximum absolute atomic E-state index is 11.3. The van der Waals surface area contributed by atoms with Crippen molar-refractivity contribution in [3.63, 3.8) is 0 Å². The number of hydrogen-bond donors (Lipinski definition) is 0. The molecule has 0 amide bonds. The number of rotatable bonds is 13. The number of epoxide rings is 1. The van der Waals surface area contributed by atoms with E-state index in [9.17, 15) is 4.79 Å². The fraction of sp³-hybridized carbons (Fsp3) is 0.941. The van der Waals surface area contributed by atoms with Crippen molar-refractivity contribution in [2.75, 3.05) is 6.61 Å². The first-order chi connectivity index (χ1) is 9.77. The van der Waals surface area contributed by atoms with Gasteiger partial charge in [0, 0.05) is 6.42 Å². The molecule has 0 aromatic rings. The Hall–Kier alpha value is -0.570. The predicted octanol–water partition coefficient (Wildman–Crippen LogP) is 4.63. The van der Waals surface area contributed by atoms with Crippen LogP contribution in [0.5, 0.6) is 0 Å². The molecular formula is C17H32O3. The summed E-state index contributed by atoms with van der Waals surface area (Å²) in [5.74, 6) is -0.0339. The zero-order chi connectivity index (χ0) is 14.6. The van der Waals surface area contributed by atoms with Crippen LogP contribution in [-0.4, -0.2) is 24.8 Å². The normalized spacial score (nSPS) is 20.9. The van der Waals surface area contributed by atoms with Crippen LogP contribution in [0, 0.1) is 0 Å². The van der Waals surface area contributed by atoms with Crippen molar-refractivity contribution >= 4 is 5.97 Å². The highest BCUT2D eigenvalue weighted by molar-refractivity contribution is 5.69. The van der Waals surface area contributed by atoms with Gasteiger partial charge in [-0.2, -0.15) is 0 Å². The molecule has 2 atom stereocenters. The van der Waals surface area contributed by atoms with E-state index in [0.29, 0.717) is 25.2 Å². The number of carbonyl (C=O) groups is 1. The molecule has 0 radical (unpaired) electrons. The Kier molecular flexibility index (Phi) is 9.73. The fourth-order valence-electron chi connectivity index (χ4n) is 2.54. The van der Waals surface area contributed by atoms with Gasteiger partial charge in [-0.05, 0) is 25.7 Å². The lowest BCUT2D eigenvalue weighted by Crippen LogP contribution is -2.04. The number of hydrogen-bond acceptors (Lipinski definition) is 3. The molecule has 0 N–H and O–H groups in total. The standard InChI is InChI=1S/C17H32O3/c1-3-5-8-11-15-16(20-15)12-9-6-7-10-13-17(18)19-14-4-2/h15-16H,3-14H2,1-2H3. The molecule has 0 saturated carbocycles. The lowest BCUT2D eigenvalue weighted by molar-refractivity contribution is -0.143. The van der Waals surface area contributed by atoms with Crippen LogP contribution in [0.25, 0.3) is 0 Å². The van der Waals surface area contributed by atoms with E-state index >= 15 is 0 Å². The minimum absolute atomic E-state index is 0.0339. The number of carbonyl (C=O) groups excluding carboxylic acids is 1. The van der Waals surface area contributed by atoms with Gasteiger partial charge in [-0.25, -0.2) is 0 Å². The van der Waals surface area contributed by atoms with Gasteiger partial charge in [-0.15, -0.1) is 0 Å². The summed E-state index contributed by atoms with van der Waals surface area (Å²) in [6.07, 6.45) is 13.5. The van der Waals surface area contributed by atoms with E-state index in [4.69, 9.17) is 9.47 Å². The van der Waals surface area contributed by atoms with Gasteiger partial charge in [0.05, 0.1) is 18.8 Å². The van der Waals surface area contributed by atoms with Crippen molar-refractivity contribution in [2.24, 2.45) is 0 Å². The van der Waals surface area contributed by atoms with Gasteiger partial charge in [0.25, 0.3) is 0 Å². The van der Waals surface area contributed by atoms with E-state index in [1.807, 2.05) is 6.92 Å². The van der Waals surface area contributed by atoms with Crippen molar-refractivity contribution in [2.45, 2.75) is 96.7 Å². The summed E-state index contributed by atoms with van der Waals surface area (Å²) in [4.78, 5) is 11.3. The Balaban J connectivity index is 1.81. The highest BCUT2D eigenvalue weighted by atomic mass is 16.6. The molecule has 118 valence electrons. The summed E-state index contributed by atoms with van der Waals surface area (Å²) in [6, 6.07) is 0. The first kappa shape index (κ1) is 17.5. The van der Waals surface area contributed by atoms with Crippen LogP contribution in [0.4, 0.5) is 0 Å². The van der Waals surface area contributed by atoms with Gasteiger partial charge in [-0.3, -0.25) is 4.79 Å². The third-order valence-electron chi connectivity index (χ3n) is 3.87. The average molecular weight is 284 g/mol. The van der Waals surface area contributed by atoms with E-state index in [1.54, 1.807) is 0 Å². The highest BCUT2D eigenvalue weighted by Gasteiger charge is 2.36. The maximum Gasteiger partial charge on any atom is 0.305 e. The Morgan fingerprint density at radius 1 is 0.900 bits per heavy atom. The maximum atomic E-state index is 11.3. The van der Waals surface area contributed by atoms with Crippen molar-refractivity contribution in [1.82, 2.24) is 0 Å². The summed E-state index contributed by atoms with van der Waals surface area (Å²) >= 11 is 0. The van der Waals surface area contributed by atoms with Crippen LogP contribution in [0.3, 0.4) is 0 Å². The molecule has 0 aromatic carbocycles. The quantitative estimate of drug-likeness (QED) is 0.281. The SMILES string of the molecule is CCCCCC1OC1CCCCCCC(=O)OCCC. The van der Waals surface area contributed by atoms with E-state index < -0.39 is 0 Å². The molecule has 3 heteroatoms. The number of esters is 1. The second-order valence-corrected chi connectivity index (χ2v) is 5.88. The number of unbranched alkanes of at least 4 members (excludes halogenated alkanes) is 5. The second kappa shape index (κ2) is 11.1. The Morgan fingerprint density at radius 3 is 2.20 bits per heavy atom. The van der Waals surface area contributed by atoms with Crippen LogP contribution < -0.4 is 0 Å². The van der Waals surface area contributed by atoms with Gasteiger partial charge >= 0.3 is 5.97 Å². The molecule has 0 aromatic heterocycles. The van der Waals surface area contributed by atoms with Crippen LogP contribution in [0.15, 0.2) is 0 Å². The van der Waals surface area contributed by atoms with Crippen molar-refractivity contribution in [1.29, 1.82) is 0 Å². The van der Waals surface area contributed by atoms with Gasteiger partial charge in [0.1, 0.15) is 0 Å². The lowest BCUT2D eigenvalue weighted by Gasteiger charge is -2.02. The van der Waals surface area contributed by atoms with Gasteiger partial charge in [0.15, 0.2) is 0 Å². The molecule has 1 rings (SSSR count). The molecule has 1 saturated heterocycles. The molecule has 2 unspecified atom stereocenters. The Bertz CT molecular complexity index is 253. The monoisotopic (exact) mass is 284 g/mol. The smallest absolute Gasteiger partial charge is 0.305 e. The largest absolute Gasteiger partial charge is 0.466 e. The summed E-state index contributed by atoms with van der Waals surface area (Å²) in [6.45, 7) is 4.82. The fourth-order valence-corrected chi connectivity index (χ4v) is 2.54. The van der Waals surface area contributed by atoms with Crippen molar-refractivity contribution in [3.8, 4) is 0 Å². The van der Waals surface area contributed by atoms with Gasteiger partial charge < -0.3 is 9.47 Å². The zero-order valence-electron chi connectivity index (χ0n) is 13.4. The second-order valence-electron chi connectivity index (χ2n) is 5.88. The Morgan fingerprint density at radius 2 is 1.55 bits per heavy atom. The van der Waals surface area contributed by atoms with Crippen LogP contribution >= 0.6 is 0 Å². The molecule has 20 heavy (non-hydrogen) atoms. The number of ether oxygens (including phenoxy) is 2. The predicted molar refractivity (Wildman–Crippen MR) is 81.8 cm³/mol. The topological polar surface area (TPSA) is 38.8 Å². The third kappa shape index (κ3) is 8.57. The van der Waals surface area contributed by atoms with E-state index in [2.05, 4.69) is 6.92 Å². The minimum atomic E-state index is -0.0339. The molecule has 1 aliphatic rings. The summed E-state index contributed by atoms with van der Waals surface area (Å²) in [7, 11) is 0. The van der Waals surface area contributed by atoms with Gasteiger partial charge in [-0.1, -0.05) is 52.4 Å². The van der Waals surface area contributed by atoms with E-state index in [0.717, 1.165) is 19.3 Å². The average Bonchev–Trinajstić information content (AvgIpc) is 3.19. The summed E-state index contributed by atoms with van der Waals surface area (Å²) in [5, 5.41) is 0. The molecule has 0 spiro atoms. The molecular weight excluding hydrogens is 252 g/mol. The molecule has 1 heterocycles. The first-order valence-electron chi connectivity index (χ1n) is 8.59. The van der Waals surface area contributed by atoms with Gasteiger partial charge in [0.2, 0.25) is 0 Å². The van der Waals surface area contributed by atoms with Crippen LogP contribution in [0.1, 0.15) is 84.5 Å². The summed E-state index contributed by atoms with van der Waals surface area (Å²) < 4.78 is 10.7. The third-order valence-corrected chi connectivity index (χ3v) is 3.87. The minimum Gasteiger partial charge on any atom is -0.466 e. The van der Waals surface area contributed by atoms with E-state index in [1.165, 1.54) is 44.9 Å². The van der Waals surface area contributed by atoms with Crippen LogP contribution in [0.2, 0.25) is 0 Å². The Labute approximate surface area is 124 Å². The van der Waals surface area contributed by atoms with Crippen LogP contribution in [-0.2, 0) is 14.3 Å². The summed E-state index contributed by atoms with van der Waals surface area (Å²) in [5.41, 5.74) is 0.